The summed E-state index contributed by atoms with van der Waals surface area (Å²) in [5, 5.41) is 14.8. The fourth-order valence-electron chi connectivity index (χ4n) is 2.31. The number of hydrogen-bond acceptors (Lipinski definition) is 5. The van der Waals surface area contributed by atoms with E-state index in [2.05, 4.69) is 15.6 Å². The number of thiophene rings is 1. The predicted octanol–water partition coefficient (Wildman–Crippen LogP) is 1.31. The molecule has 24 heavy (non-hydrogen) atoms. The van der Waals surface area contributed by atoms with Gasteiger partial charge in [0.05, 0.1) is 30.3 Å². The van der Waals surface area contributed by atoms with Gasteiger partial charge in [-0.25, -0.2) is 0 Å². The second-order valence-corrected chi connectivity index (χ2v) is 6.14. The molecule has 0 atom stereocenters. The van der Waals surface area contributed by atoms with Crippen molar-refractivity contribution in [2.45, 2.75) is 0 Å². The summed E-state index contributed by atoms with van der Waals surface area (Å²) < 4.78 is 5.09. The van der Waals surface area contributed by atoms with Crippen LogP contribution in [0.15, 0.2) is 24.4 Å². The highest BCUT2D eigenvalue weighted by Crippen LogP contribution is 2.39. The summed E-state index contributed by atoms with van der Waals surface area (Å²) in [6, 6.07) is 5.44. The van der Waals surface area contributed by atoms with Crippen LogP contribution in [0.1, 0.15) is 20.9 Å². The van der Waals surface area contributed by atoms with Crippen molar-refractivity contribution >= 4 is 39.8 Å². The molecule has 0 aliphatic carbocycles. The van der Waals surface area contributed by atoms with Crippen molar-refractivity contribution in [2.24, 2.45) is 0 Å². The van der Waals surface area contributed by atoms with E-state index >= 15 is 0 Å². The molecule has 0 aromatic carbocycles. The van der Waals surface area contributed by atoms with Crippen LogP contribution in [0, 0.1) is 0 Å². The first-order chi connectivity index (χ1) is 11.7. The van der Waals surface area contributed by atoms with Crippen LogP contribution in [-0.2, 0) is 9.53 Å². The van der Waals surface area contributed by atoms with Gasteiger partial charge in [-0.2, -0.15) is 0 Å². The molecule has 2 aromatic rings. The number of fused-ring (bicyclic) bond motifs is 1. The number of aliphatic hydroxyl groups excluding tert-OH is 1. The van der Waals surface area contributed by atoms with Gasteiger partial charge in [0.15, 0.2) is 0 Å². The van der Waals surface area contributed by atoms with E-state index in [1.807, 2.05) is 12.1 Å². The van der Waals surface area contributed by atoms with E-state index < -0.39 is 0 Å². The number of aromatic amines is 1. The third kappa shape index (κ3) is 3.56. The number of carbonyl (C=O) groups is 2. The Morgan fingerprint density at radius 1 is 1.42 bits per heavy atom. The Morgan fingerprint density at radius 3 is 3.04 bits per heavy atom. The Balaban J connectivity index is 1.68. The minimum absolute atomic E-state index is 0.0405. The molecular formula is C16H17N3O4S. The Kier molecular flexibility index (Phi) is 5.09. The molecule has 7 nitrogen and oxygen atoms in total. The molecule has 126 valence electrons. The lowest BCUT2D eigenvalue weighted by Gasteiger charge is -2.04. The van der Waals surface area contributed by atoms with Gasteiger partial charge >= 0.3 is 0 Å². The number of carbonyl (C=O) groups excluding carboxylic acids is 2. The molecule has 4 N–H and O–H groups in total. The highest BCUT2D eigenvalue weighted by Gasteiger charge is 2.28. The third-order valence-electron chi connectivity index (χ3n) is 3.41. The SMILES string of the molecule is O=C1Nc2sc(C(=O)NCCOCCO)cc2C1=Cc1ccc[nH]1. The average molecular weight is 347 g/mol. The van der Waals surface area contributed by atoms with E-state index in [9.17, 15) is 9.59 Å². The van der Waals surface area contributed by atoms with E-state index in [-0.39, 0.29) is 25.0 Å². The fraction of sp³-hybridized carbons (Fsp3) is 0.250. The number of rotatable bonds is 7. The van der Waals surface area contributed by atoms with Crippen LogP contribution in [0.4, 0.5) is 5.00 Å². The lowest BCUT2D eigenvalue weighted by atomic mass is 10.1. The summed E-state index contributed by atoms with van der Waals surface area (Å²) in [5.41, 5.74) is 2.10. The van der Waals surface area contributed by atoms with Crippen molar-refractivity contribution in [1.82, 2.24) is 10.3 Å². The van der Waals surface area contributed by atoms with Crippen molar-refractivity contribution in [3.63, 3.8) is 0 Å². The van der Waals surface area contributed by atoms with Crippen LogP contribution in [0.25, 0.3) is 11.6 Å². The van der Waals surface area contributed by atoms with Crippen LogP contribution < -0.4 is 10.6 Å². The minimum atomic E-state index is -0.213. The maximum atomic E-state index is 12.1. The molecule has 1 aliphatic heterocycles. The second-order valence-electron chi connectivity index (χ2n) is 5.08. The number of hydrogen-bond donors (Lipinski definition) is 4. The van der Waals surface area contributed by atoms with Crippen LogP contribution in [0.2, 0.25) is 0 Å². The van der Waals surface area contributed by atoms with Crippen molar-refractivity contribution in [1.29, 1.82) is 0 Å². The summed E-state index contributed by atoms with van der Waals surface area (Å²) in [5.74, 6) is -0.384. The third-order valence-corrected chi connectivity index (χ3v) is 4.46. The zero-order valence-electron chi connectivity index (χ0n) is 12.8. The maximum absolute atomic E-state index is 12.1. The molecule has 2 amide bonds. The Bertz CT molecular complexity index is 764. The topological polar surface area (TPSA) is 103 Å². The van der Waals surface area contributed by atoms with E-state index in [1.165, 1.54) is 11.3 Å². The molecule has 0 saturated carbocycles. The summed E-state index contributed by atoms with van der Waals surface area (Å²) in [6.07, 6.45) is 3.55. The Hall–Kier alpha value is -2.42. The highest BCUT2D eigenvalue weighted by molar-refractivity contribution is 7.18. The van der Waals surface area contributed by atoms with Crippen LogP contribution in [0.3, 0.4) is 0 Å². The Labute approximate surface area is 142 Å². The molecule has 0 saturated heterocycles. The van der Waals surface area contributed by atoms with Gasteiger partial charge in [-0.05, 0) is 24.3 Å². The Morgan fingerprint density at radius 2 is 2.29 bits per heavy atom. The molecule has 0 spiro atoms. The lowest BCUT2D eigenvalue weighted by Crippen LogP contribution is -2.26. The van der Waals surface area contributed by atoms with E-state index in [4.69, 9.17) is 9.84 Å². The van der Waals surface area contributed by atoms with Gasteiger partial charge in [0.25, 0.3) is 11.8 Å². The molecule has 3 rings (SSSR count). The zero-order chi connectivity index (χ0) is 16.9. The molecule has 0 fully saturated rings. The van der Waals surface area contributed by atoms with Gasteiger partial charge in [-0.3, -0.25) is 9.59 Å². The summed E-state index contributed by atoms with van der Waals surface area (Å²) in [7, 11) is 0. The number of aliphatic hydroxyl groups is 1. The van der Waals surface area contributed by atoms with Crippen molar-refractivity contribution in [3.8, 4) is 0 Å². The van der Waals surface area contributed by atoms with E-state index in [1.54, 1.807) is 18.3 Å². The van der Waals surface area contributed by atoms with E-state index in [0.29, 0.717) is 28.6 Å². The first-order valence-electron chi connectivity index (χ1n) is 7.46. The van der Waals surface area contributed by atoms with E-state index in [0.717, 1.165) is 11.3 Å². The summed E-state index contributed by atoms with van der Waals surface area (Å²) >= 11 is 1.24. The van der Waals surface area contributed by atoms with Gasteiger partial charge in [-0.1, -0.05) is 0 Å². The van der Waals surface area contributed by atoms with Gasteiger partial charge < -0.3 is 25.5 Å². The highest BCUT2D eigenvalue weighted by atomic mass is 32.1. The molecule has 8 heteroatoms. The molecule has 0 radical (unpaired) electrons. The molecular weight excluding hydrogens is 330 g/mol. The number of aromatic nitrogens is 1. The number of amides is 2. The summed E-state index contributed by atoms with van der Waals surface area (Å²) in [6.45, 7) is 0.911. The lowest BCUT2D eigenvalue weighted by molar-refractivity contribution is -0.110. The van der Waals surface area contributed by atoms with Gasteiger partial charge in [0.1, 0.15) is 5.00 Å². The number of ether oxygens (including phenoxy) is 1. The van der Waals surface area contributed by atoms with Crippen molar-refractivity contribution in [2.75, 3.05) is 31.7 Å². The molecule has 2 aromatic heterocycles. The fourth-order valence-corrected chi connectivity index (χ4v) is 3.30. The normalized spacial score (nSPS) is 14.7. The first-order valence-corrected chi connectivity index (χ1v) is 8.28. The van der Waals surface area contributed by atoms with Crippen LogP contribution in [0.5, 0.6) is 0 Å². The van der Waals surface area contributed by atoms with Gasteiger partial charge in [0.2, 0.25) is 0 Å². The monoisotopic (exact) mass is 347 g/mol. The molecule has 1 aliphatic rings. The molecule has 3 heterocycles. The van der Waals surface area contributed by atoms with Crippen LogP contribution in [-0.4, -0.2) is 48.3 Å². The summed E-state index contributed by atoms with van der Waals surface area (Å²) in [4.78, 5) is 27.7. The number of nitrogens with one attached hydrogen (secondary N) is 3. The zero-order valence-corrected chi connectivity index (χ0v) is 13.6. The number of H-pyrrole nitrogens is 1. The van der Waals surface area contributed by atoms with Crippen molar-refractivity contribution < 1.29 is 19.4 Å². The van der Waals surface area contributed by atoms with Crippen LogP contribution >= 0.6 is 11.3 Å². The number of anilines is 1. The maximum Gasteiger partial charge on any atom is 0.261 e. The minimum Gasteiger partial charge on any atom is -0.394 e. The average Bonchev–Trinajstić information content (AvgIpc) is 3.26. The molecule has 0 unspecified atom stereocenters. The predicted molar refractivity (Wildman–Crippen MR) is 91.9 cm³/mol. The standard InChI is InChI=1S/C16H17N3O4S/c20-5-7-23-6-4-18-15(22)13-9-12-11(8-10-2-1-3-17-10)14(21)19-16(12)24-13/h1-3,8-9,17,20H,4-7H2,(H,18,22)(H,19,21). The molecule has 0 bridgehead atoms. The second kappa shape index (κ2) is 7.43. The first kappa shape index (κ1) is 16.4. The van der Waals surface area contributed by atoms with Gasteiger partial charge in [0, 0.05) is 24.0 Å². The van der Waals surface area contributed by atoms with Crippen molar-refractivity contribution in [3.05, 3.63) is 40.5 Å². The van der Waals surface area contributed by atoms with Gasteiger partial charge in [-0.15, -0.1) is 11.3 Å². The smallest absolute Gasteiger partial charge is 0.261 e. The quantitative estimate of drug-likeness (QED) is 0.448. The largest absolute Gasteiger partial charge is 0.394 e.